The molecule has 0 saturated heterocycles. The minimum absolute atomic E-state index is 0.0716. The number of nitriles is 1. The lowest BCUT2D eigenvalue weighted by atomic mass is 9.90. The van der Waals surface area contributed by atoms with E-state index in [1.807, 2.05) is 66.7 Å². The van der Waals surface area contributed by atoms with Gasteiger partial charge in [0.2, 0.25) is 5.91 Å². The van der Waals surface area contributed by atoms with Gasteiger partial charge in [-0.05, 0) is 11.1 Å². The topological polar surface area (TPSA) is 52.9 Å². The quantitative estimate of drug-likeness (QED) is 0.844. The highest BCUT2D eigenvalue weighted by atomic mass is 16.1. The molecule has 0 saturated carbocycles. The monoisotopic (exact) mass is 264 g/mol. The molecular weight excluding hydrogens is 248 g/mol. The van der Waals surface area contributed by atoms with Crippen molar-refractivity contribution in [2.75, 3.05) is 6.54 Å². The second-order valence-corrected chi connectivity index (χ2v) is 4.45. The van der Waals surface area contributed by atoms with Crippen LogP contribution in [0.15, 0.2) is 60.7 Å². The van der Waals surface area contributed by atoms with E-state index in [1.165, 1.54) is 0 Å². The van der Waals surface area contributed by atoms with Gasteiger partial charge in [0.15, 0.2) is 0 Å². The van der Waals surface area contributed by atoms with Crippen LogP contribution in [0.1, 0.15) is 23.5 Å². The van der Waals surface area contributed by atoms with Gasteiger partial charge in [0.1, 0.15) is 0 Å². The second kappa shape index (κ2) is 7.10. The Morgan fingerprint density at radius 3 is 1.95 bits per heavy atom. The van der Waals surface area contributed by atoms with Gasteiger partial charge in [0.05, 0.1) is 18.4 Å². The van der Waals surface area contributed by atoms with Gasteiger partial charge in [0, 0.05) is 6.54 Å². The fourth-order valence-electron chi connectivity index (χ4n) is 2.13. The predicted octanol–water partition coefficient (Wildman–Crippen LogP) is 2.85. The lowest BCUT2D eigenvalue weighted by Gasteiger charge is -2.17. The van der Waals surface area contributed by atoms with E-state index < -0.39 is 0 Å². The summed E-state index contributed by atoms with van der Waals surface area (Å²) in [6.45, 7) is 0.380. The molecule has 3 nitrogen and oxygen atoms in total. The molecule has 0 aliphatic rings. The van der Waals surface area contributed by atoms with Crippen molar-refractivity contribution in [1.82, 2.24) is 5.32 Å². The highest BCUT2D eigenvalue weighted by molar-refractivity contribution is 5.87. The molecule has 2 rings (SSSR count). The van der Waals surface area contributed by atoms with Gasteiger partial charge in [-0.1, -0.05) is 60.7 Å². The van der Waals surface area contributed by atoms with Crippen molar-refractivity contribution >= 4 is 5.91 Å². The summed E-state index contributed by atoms with van der Waals surface area (Å²) in [5, 5.41) is 11.4. The molecule has 0 atom stereocenters. The Kier molecular flexibility index (Phi) is 4.91. The molecule has 20 heavy (non-hydrogen) atoms. The summed E-state index contributed by atoms with van der Waals surface area (Å²) in [6.07, 6.45) is 0.321. The molecule has 1 N–H and O–H groups in total. The van der Waals surface area contributed by atoms with Crippen LogP contribution in [-0.4, -0.2) is 12.5 Å². The van der Waals surface area contributed by atoms with Gasteiger partial charge in [-0.25, -0.2) is 0 Å². The molecule has 3 heteroatoms. The molecule has 0 unspecified atom stereocenters. The third-order valence-corrected chi connectivity index (χ3v) is 3.06. The molecule has 1 amide bonds. The predicted molar refractivity (Wildman–Crippen MR) is 78.0 cm³/mol. The number of nitrogens with one attached hydrogen (secondary N) is 1. The molecule has 2 aromatic rings. The van der Waals surface area contributed by atoms with E-state index in [-0.39, 0.29) is 11.8 Å². The first-order valence-electron chi connectivity index (χ1n) is 6.57. The van der Waals surface area contributed by atoms with Crippen LogP contribution in [0, 0.1) is 11.3 Å². The molecule has 0 aromatic heterocycles. The summed E-state index contributed by atoms with van der Waals surface area (Å²) in [4.78, 5) is 12.4. The maximum Gasteiger partial charge on any atom is 0.232 e. The first-order valence-corrected chi connectivity index (χ1v) is 6.57. The zero-order valence-corrected chi connectivity index (χ0v) is 11.1. The number of hydrogen-bond donors (Lipinski definition) is 1. The molecule has 0 radical (unpaired) electrons. The van der Waals surface area contributed by atoms with E-state index in [9.17, 15) is 4.79 Å². The van der Waals surface area contributed by atoms with Gasteiger partial charge < -0.3 is 5.32 Å². The van der Waals surface area contributed by atoms with E-state index in [0.717, 1.165) is 11.1 Å². The van der Waals surface area contributed by atoms with Crippen LogP contribution in [0.4, 0.5) is 0 Å². The molecule has 0 spiro atoms. The van der Waals surface area contributed by atoms with Crippen molar-refractivity contribution in [2.45, 2.75) is 12.3 Å². The van der Waals surface area contributed by atoms with Crippen molar-refractivity contribution in [3.8, 4) is 6.07 Å². The van der Waals surface area contributed by atoms with Crippen LogP contribution in [0.25, 0.3) is 0 Å². The van der Waals surface area contributed by atoms with Crippen molar-refractivity contribution < 1.29 is 4.79 Å². The average molecular weight is 264 g/mol. The summed E-state index contributed by atoms with van der Waals surface area (Å²) < 4.78 is 0. The Hall–Kier alpha value is -2.60. The van der Waals surface area contributed by atoms with E-state index in [2.05, 4.69) is 5.32 Å². The Morgan fingerprint density at radius 1 is 1.00 bits per heavy atom. The van der Waals surface area contributed by atoms with Crippen LogP contribution in [0.5, 0.6) is 0 Å². The van der Waals surface area contributed by atoms with E-state index in [4.69, 9.17) is 5.26 Å². The third-order valence-electron chi connectivity index (χ3n) is 3.06. The first kappa shape index (κ1) is 13.8. The number of carbonyl (C=O) groups excluding carboxylic acids is 1. The molecule has 0 aliphatic carbocycles. The Balaban J connectivity index is 2.26. The van der Waals surface area contributed by atoms with Gasteiger partial charge in [-0.15, -0.1) is 0 Å². The molecule has 0 fully saturated rings. The summed E-state index contributed by atoms with van der Waals surface area (Å²) in [7, 11) is 0. The normalized spacial score (nSPS) is 10.0. The Labute approximate surface area is 118 Å². The maximum absolute atomic E-state index is 12.4. The smallest absolute Gasteiger partial charge is 0.232 e. The minimum Gasteiger partial charge on any atom is -0.354 e. The summed E-state index contributed by atoms with van der Waals surface area (Å²) in [5.41, 5.74) is 1.90. The summed E-state index contributed by atoms with van der Waals surface area (Å²) in [6, 6.07) is 21.4. The standard InChI is InChI=1S/C17H16N2O/c18-12-7-13-19-17(20)16(14-8-3-1-4-9-14)15-10-5-2-6-11-15/h1-6,8-11,16H,7,13H2,(H,19,20). The number of carbonyl (C=O) groups is 1. The highest BCUT2D eigenvalue weighted by Crippen LogP contribution is 2.24. The van der Waals surface area contributed by atoms with Crippen molar-refractivity contribution in [3.05, 3.63) is 71.8 Å². The fraction of sp³-hybridized carbons (Fsp3) is 0.176. The summed E-state index contributed by atoms with van der Waals surface area (Å²) >= 11 is 0. The van der Waals surface area contributed by atoms with Crippen LogP contribution in [-0.2, 0) is 4.79 Å². The number of hydrogen-bond acceptors (Lipinski definition) is 2. The van der Waals surface area contributed by atoms with Crippen LogP contribution < -0.4 is 5.32 Å². The molecule has 2 aromatic carbocycles. The lowest BCUT2D eigenvalue weighted by molar-refractivity contribution is -0.121. The molecule has 0 aliphatic heterocycles. The molecule has 0 bridgehead atoms. The zero-order valence-electron chi connectivity index (χ0n) is 11.1. The second-order valence-electron chi connectivity index (χ2n) is 4.45. The fourth-order valence-corrected chi connectivity index (χ4v) is 2.13. The third kappa shape index (κ3) is 3.46. The molecular formula is C17H16N2O. The first-order chi connectivity index (χ1) is 9.83. The Bertz CT molecular complexity index is 548. The van der Waals surface area contributed by atoms with E-state index >= 15 is 0 Å². The van der Waals surface area contributed by atoms with Gasteiger partial charge in [-0.2, -0.15) is 5.26 Å². The van der Waals surface area contributed by atoms with E-state index in [1.54, 1.807) is 0 Å². The number of rotatable bonds is 5. The van der Waals surface area contributed by atoms with Gasteiger partial charge in [0.25, 0.3) is 0 Å². The number of amides is 1. The highest BCUT2D eigenvalue weighted by Gasteiger charge is 2.21. The number of nitrogens with zero attached hydrogens (tertiary/aromatic N) is 1. The van der Waals surface area contributed by atoms with Gasteiger partial charge in [-0.3, -0.25) is 4.79 Å². The van der Waals surface area contributed by atoms with Gasteiger partial charge >= 0.3 is 0 Å². The van der Waals surface area contributed by atoms with Crippen LogP contribution in [0.3, 0.4) is 0 Å². The van der Waals surface area contributed by atoms with Crippen molar-refractivity contribution in [3.63, 3.8) is 0 Å². The maximum atomic E-state index is 12.4. The summed E-state index contributed by atoms with van der Waals surface area (Å²) in [5.74, 6) is -0.409. The van der Waals surface area contributed by atoms with Crippen molar-refractivity contribution in [2.24, 2.45) is 0 Å². The Morgan fingerprint density at radius 2 is 1.50 bits per heavy atom. The van der Waals surface area contributed by atoms with Crippen LogP contribution in [0.2, 0.25) is 0 Å². The largest absolute Gasteiger partial charge is 0.354 e. The molecule has 100 valence electrons. The van der Waals surface area contributed by atoms with Crippen molar-refractivity contribution in [1.29, 1.82) is 5.26 Å². The van der Waals surface area contributed by atoms with Crippen LogP contribution >= 0.6 is 0 Å². The SMILES string of the molecule is N#CCCNC(=O)C(c1ccccc1)c1ccccc1. The van der Waals surface area contributed by atoms with E-state index in [0.29, 0.717) is 13.0 Å². The lowest BCUT2D eigenvalue weighted by Crippen LogP contribution is -2.30. The minimum atomic E-state index is -0.337. The zero-order chi connectivity index (χ0) is 14.2. The average Bonchev–Trinajstić information content (AvgIpc) is 2.50. The number of benzene rings is 2. The molecule has 0 heterocycles.